The van der Waals surface area contributed by atoms with Crippen LogP contribution in [0.3, 0.4) is 0 Å². The summed E-state index contributed by atoms with van der Waals surface area (Å²) in [6.45, 7) is 1.91. The Bertz CT molecular complexity index is 456. The zero-order valence-corrected chi connectivity index (χ0v) is 10.2. The minimum Gasteiger partial charge on any atom is -0.480 e. The Balaban J connectivity index is 3.07. The number of ether oxygens (including phenoxy) is 1. The van der Waals surface area contributed by atoms with Gasteiger partial charge in [0, 0.05) is 12.9 Å². The highest BCUT2D eigenvalue weighted by molar-refractivity contribution is 9.09. The first-order valence-corrected chi connectivity index (χ1v) is 5.55. The first-order valence-electron chi connectivity index (χ1n) is 4.42. The summed E-state index contributed by atoms with van der Waals surface area (Å²) in [5.74, 6) is -0.00308. The van der Waals surface area contributed by atoms with Crippen LogP contribution < -0.4 is 10.2 Å². The Morgan fingerprint density at radius 1 is 1.47 bits per heavy atom. The van der Waals surface area contributed by atoms with E-state index in [9.17, 15) is 13.2 Å². The van der Waals surface area contributed by atoms with E-state index >= 15 is 0 Å². The van der Waals surface area contributed by atoms with Crippen molar-refractivity contribution in [2.45, 2.75) is 6.18 Å². The molecule has 1 heterocycles. The highest BCUT2D eigenvalue weighted by atomic mass is 79.9. The summed E-state index contributed by atoms with van der Waals surface area (Å²) in [6.07, 6.45) is -2.89. The largest absolute Gasteiger partial charge is 0.480 e. The summed E-state index contributed by atoms with van der Waals surface area (Å²) in [7, 11) is 0. The van der Waals surface area contributed by atoms with E-state index in [2.05, 4.69) is 37.5 Å². The second kappa shape index (κ2) is 5.85. The van der Waals surface area contributed by atoms with Crippen molar-refractivity contribution in [1.82, 2.24) is 4.68 Å². The van der Waals surface area contributed by atoms with E-state index in [0.717, 1.165) is 0 Å². The average Bonchev–Trinajstić information content (AvgIpc) is 2.27. The molecule has 0 radical (unpaired) electrons. The fourth-order valence-electron chi connectivity index (χ4n) is 1.06. The van der Waals surface area contributed by atoms with Crippen LogP contribution in [0.4, 0.5) is 13.2 Å². The van der Waals surface area contributed by atoms with E-state index in [-0.39, 0.29) is 16.7 Å². The molecule has 0 aliphatic heterocycles. The topological polar surface area (TPSA) is 38.9 Å². The molecule has 0 aliphatic carbocycles. The van der Waals surface area contributed by atoms with Crippen LogP contribution in [0.5, 0.6) is 5.75 Å². The van der Waals surface area contributed by atoms with E-state index in [1.165, 1.54) is 23.0 Å². The van der Waals surface area contributed by atoms with Crippen molar-refractivity contribution in [3.05, 3.63) is 23.8 Å². The van der Waals surface area contributed by atoms with Gasteiger partial charge in [-0.25, -0.2) is 4.68 Å². The minimum atomic E-state index is -4.39. The van der Waals surface area contributed by atoms with Gasteiger partial charge in [-0.2, -0.15) is 18.3 Å². The Kier molecular flexibility index (Phi) is 4.73. The molecule has 0 N–H and O–H groups in total. The van der Waals surface area contributed by atoms with Gasteiger partial charge in [0.25, 0.3) is 0 Å². The SMILES string of the molecule is C=Nn1cccc(OCC(F)(F)F)/c1=N/CBr. The van der Waals surface area contributed by atoms with Crippen LogP contribution in [-0.2, 0) is 0 Å². The molecule has 8 heteroatoms. The van der Waals surface area contributed by atoms with E-state index in [1.807, 2.05) is 0 Å². The van der Waals surface area contributed by atoms with E-state index in [0.29, 0.717) is 0 Å². The first kappa shape index (κ1) is 13.8. The average molecular weight is 312 g/mol. The molecule has 0 atom stereocenters. The van der Waals surface area contributed by atoms with Crippen molar-refractivity contribution in [3.8, 4) is 5.75 Å². The van der Waals surface area contributed by atoms with Crippen LogP contribution in [0.2, 0.25) is 0 Å². The summed E-state index contributed by atoms with van der Waals surface area (Å²) in [5.41, 5.74) is 0.387. The third-order valence-electron chi connectivity index (χ3n) is 1.67. The molecule has 1 rings (SSSR count). The fourth-order valence-corrected chi connectivity index (χ4v) is 1.30. The van der Waals surface area contributed by atoms with Gasteiger partial charge in [-0.1, -0.05) is 15.9 Å². The molecule has 4 nitrogen and oxygen atoms in total. The van der Waals surface area contributed by atoms with Crippen molar-refractivity contribution >= 4 is 22.6 Å². The lowest BCUT2D eigenvalue weighted by atomic mass is 10.4. The summed E-state index contributed by atoms with van der Waals surface area (Å²) >= 11 is 3.05. The van der Waals surface area contributed by atoms with Crippen molar-refractivity contribution in [2.24, 2.45) is 10.1 Å². The van der Waals surface area contributed by atoms with Crippen LogP contribution in [0, 0.1) is 0 Å². The molecule has 0 aliphatic rings. The molecule has 94 valence electrons. The monoisotopic (exact) mass is 311 g/mol. The van der Waals surface area contributed by atoms with Gasteiger partial charge in [0.2, 0.25) is 0 Å². The summed E-state index contributed by atoms with van der Waals surface area (Å²) in [5, 5.41) is 3.59. The van der Waals surface area contributed by atoms with Crippen molar-refractivity contribution in [3.63, 3.8) is 0 Å². The van der Waals surface area contributed by atoms with Crippen LogP contribution in [0.25, 0.3) is 0 Å². The molecule has 0 spiro atoms. The van der Waals surface area contributed by atoms with Gasteiger partial charge in [0.15, 0.2) is 17.8 Å². The Hall–Kier alpha value is -1.31. The van der Waals surface area contributed by atoms with Gasteiger partial charge < -0.3 is 4.74 Å². The lowest BCUT2D eigenvalue weighted by Gasteiger charge is -2.10. The van der Waals surface area contributed by atoms with Gasteiger partial charge in [-0.15, -0.1) is 0 Å². The third-order valence-corrected chi connectivity index (χ3v) is 1.92. The molecular weight excluding hydrogens is 303 g/mol. The predicted octanol–water partition coefficient (Wildman–Crippen LogP) is 2.15. The molecule has 0 fully saturated rings. The van der Waals surface area contributed by atoms with Gasteiger partial charge in [0.1, 0.15) is 0 Å². The molecular formula is C9H9BrF3N3O. The highest BCUT2D eigenvalue weighted by Gasteiger charge is 2.28. The second-order valence-corrected chi connectivity index (χ2v) is 3.37. The number of hydrogen-bond donors (Lipinski definition) is 0. The van der Waals surface area contributed by atoms with E-state index < -0.39 is 12.8 Å². The lowest BCUT2D eigenvalue weighted by Crippen LogP contribution is -2.25. The Morgan fingerprint density at radius 2 is 2.18 bits per heavy atom. The second-order valence-electron chi connectivity index (χ2n) is 2.86. The van der Waals surface area contributed by atoms with Gasteiger partial charge in [0.05, 0.1) is 5.45 Å². The Morgan fingerprint density at radius 3 is 2.71 bits per heavy atom. The standard InChI is InChI=1S/C9H9BrF3N3O/c1-14-16-4-2-3-7(8(16)15-6-10)17-5-9(11,12)13/h2-4H,1,5-6H2/b15-8-. The normalized spacial score (nSPS) is 12.6. The predicted molar refractivity (Wildman–Crippen MR) is 60.3 cm³/mol. The number of hydrogen-bond acceptors (Lipinski definition) is 3. The molecule has 1 aromatic heterocycles. The van der Waals surface area contributed by atoms with Crippen LogP contribution in [0.15, 0.2) is 28.4 Å². The molecule has 0 aromatic carbocycles. The molecule has 0 unspecified atom stereocenters. The quantitative estimate of drug-likeness (QED) is 0.477. The number of aromatic nitrogens is 1. The van der Waals surface area contributed by atoms with Gasteiger partial charge in [-0.3, -0.25) is 4.99 Å². The van der Waals surface area contributed by atoms with Crippen molar-refractivity contribution in [1.29, 1.82) is 0 Å². The fraction of sp³-hybridized carbons (Fsp3) is 0.333. The molecule has 0 bridgehead atoms. The maximum atomic E-state index is 12.0. The number of nitrogens with zero attached hydrogens (tertiary/aromatic N) is 3. The number of halogens is 4. The van der Waals surface area contributed by atoms with Crippen LogP contribution >= 0.6 is 15.9 Å². The summed E-state index contributed by atoms with van der Waals surface area (Å²) < 4.78 is 42.0. The molecule has 0 saturated heterocycles. The zero-order chi connectivity index (χ0) is 12.9. The first-order chi connectivity index (χ1) is 7.98. The zero-order valence-electron chi connectivity index (χ0n) is 8.62. The van der Waals surface area contributed by atoms with E-state index in [1.54, 1.807) is 0 Å². The molecule has 0 amide bonds. The number of rotatable bonds is 4. The molecule has 17 heavy (non-hydrogen) atoms. The summed E-state index contributed by atoms with van der Waals surface area (Å²) in [4.78, 5) is 3.93. The lowest BCUT2D eigenvalue weighted by molar-refractivity contribution is -0.153. The van der Waals surface area contributed by atoms with E-state index in [4.69, 9.17) is 0 Å². The Labute approximate surface area is 104 Å². The van der Waals surface area contributed by atoms with Crippen molar-refractivity contribution in [2.75, 3.05) is 12.1 Å². The minimum absolute atomic E-state index is 0.00308. The van der Waals surface area contributed by atoms with Crippen molar-refractivity contribution < 1.29 is 17.9 Å². The third kappa shape index (κ3) is 4.22. The van der Waals surface area contributed by atoms with Crippen LogP contribution in [-0.4, -0.2) is 29.6 Å². The number of pyridine rings is 1. The van der Waals surface area contributed by atoms with Gasteiger partial charge in [-0.05, 0) is 12.1 Å². The number of alkyl halides is 4. The smallest absolute Gasteiger partial charge is 0.422 e. The highest BCUT2D eigenvalue weighted by Crippen LogP contribution is 2.16. The maximum absolute atomic E-state index is 12.0. The maximum Gasteiger partial charge on any atom is 0.422 e. The summed E-state index contributed by atoms with van der Waals surface area (Å²) in [6, 6.07) is 2.88. The molecule has 1 aromatic rings. The molecule has 0 saturated carbocycles. The van der Waals surface area contributed by atoms with Crippen LogP contribution in [0.1, 0.15) is 0 Å². The van der Waals surface area contributed by atoms with Gasteiger partial charge >= 0.3 is 6.18 Å².